The standard InChI is InChI=1S/C31H31N5O6/c1-19-7-4-5-10-27(19)36(3)31(41)33-23-13-11-21(12-14-23)16-28(37)32-24-9-6-8-22(17-24)25(18-29(38)39)34-30(40)26-15-20(2)42-35-26/h4-15,17,25H,16,18H2,1-3H3,(H,32,37)(H,33,41)(H,34,40)(H,38,39). The van der Waals surface area contributed by atoms with Gasteiger partial charge in [-0.2, -0.15) is 0 Å². The number of rotatable bonds is 10. The van der Waals surface area contributed by atoms with E-state index in [-0.39, 0.29) is 30.5 Å². The molecule has 0 spiro atoms. The summed E-state index contributed by atoms with van der Waals surface area (Å²) in [5.41, 5.74) is 4.08. The Morgan fingerprint density at radius 3 is 2.31 bits per heavy atom. The average molecular weight is 570 g/mol. The van der Waals surface area contributed by atoms with Crippen molar-refractivity contribution < 1.29 is 28.8 Å². The Balaban J connectivity index is 1.36. The molecule has 0 fully saturated rings. The van der Waals surface area contributed by atoms with Gasteiger partial charge in [0.05, 0.1) is 18.9 Å². The van der Waals surface area contributed by atoms with Crippen LogP contribution in [0, 0.1) is 13.8 Å². The van der Waals surface area contributed by atoms with E-state index in [4.69, 9.17) is 4.52 Å². The minimum Gasteiger partial charge on any atom is -0.481 e. The number of nitrogens with zero attached hydrogens (tertiary/aromatic N) is 2. The summed E-state index contributed by atoms with van der Waals surface area (Å²) < 4.78 is 4.92. The SMILES string of the molecule is Cc1cc(C(=O)NC(CC(=O)O)c2cccc(NC(=O)Cc3ccc(NC(=O)N(C)c4ccccc4C)cc3)c2)no1. The van der Waals surface area contributed by atoms with E-state index in [0.717, 1.165) is 16.8 Å². The van der Waals surface area contributed by atoms with Crippen molar-refractivity contribution in [3.63, 3.8) is 0 Å². The van der Waals surface area contributed by atoms with Crippen molar-refractivity contribution in [2.75, 3.05) is 22.6 Å². The number of carbonyl (C=O) groups excluding carboxylic acids is 3. The van der Waals surface area contributed by atoms with Gasteiger partial charge in [-0.1, -0.05) is 47.6 Å². The second-order valence-electron chi connectivity index (χ2n) is 9.77. The van der Waals surface area contributed by atoms with Crippen LogP contribution in [0.5, 0.6) is 0 Å². The van der Waals surface area contributed by atoms with Gasteiger partial charge in [-0.05, 0) is 60.9 Å². The first-order valence-electron chi connectivity index (χ1n) is 13.1. The highest BCUT2D eigenvalue weighted by molar-refractivity contribution is 6.01. The molecule has 0 aliphatic heterocycles. The molecule has 1 aromatic heterocycles. The third kappa shape index (κ3) is 7.81. The van der Waals surface area contributed by atoms with Gasteiger partial charge in [0.2, 0.25) is 5.91 Å². The molecule has 1 unspecified atom stereocenters. The molecule has 216 valence electrons. The number of aryl methyl sites for hydroxylation is 2. The lowest BCUT2D eigenvalue weighted by molar-refractivity contribution is -0.137. The molecule has 4 amide bonds. The molecule has 11 nitrogen and oxygen atoms in total. The number of para-hydroxylation sites is 1. The van der Waals surface area contributed by atoms with Crippen LogP contribution in [-0.4, -0.2) is 41.1 Å². The molecule has 42 heavy (non-hydrogen) atoms. The van der Waals surface area contributed by atoms with E-state index in [1.54, 1.807) is 62.5 Å². The molecule has 4 aromatic rings. The first kappa shape index (κ1) is 29.5. The van der Waals surface area contributed by atoms with E-state index in [9.17, 15) is 24.3 Å². The number of hydrogen-bond donors (Lipinski definition) is 4. The quantitative estimate of drug-likeness (QED) is 0.207. The Morgan fingerprint density at radius 1 is 0.905 bits per heavy atom. The number of aliphatic carboxylic acids is 1. The highest BCUT2D eigenvalue weighted by Gasteiger charge is 2.21. The predicted molar refractivity (Wildman–Crippen MR) is 158 cm³/mol. The maximum atomic E-state index is 12.8. The van der Waals surface area contributed by atoms with Gasteiger partial charge in [0.15, 0.2) is 5.69 Å². The van der Waals surface area contributed by atoms with Crippen molar-refractivity contribution in [1.29, 1.82) is 0 Å². The number of nitrogens with one attached hydrogen (secondary N) is 3. The molecule has 1 heterocycles. The molecule has 0 saturated heterocycles. The smallest absolute Gasteiger partial charge is 0.326 e. The fraction of sp³-hybridized carbons (Fsp3) is 0.194. The van der Waals surface area contributed by atoms with Crippen molar-refractivity contribution in [3.8, 4) is 0 Å². The monoisotopic (exact) mass is 569 g/mol. The van der Waals surface area contributed by atoms with Crippen molar-refractivity contribution >= 4 is 40.9 Å². The Morgan fingerprint density at radius 2 is 1.64 bits per heavy atom. The molecule has 0 saturated carbocycles. The normalized spacial score (nSPS) is 11.3. The molecule has 0 aliphatic rings. The Bertz CT molecular complexity index is 1600. The van der Waals surface area contributed by atoms with Gasteiger partial charge < -0.3 is 25.6 Å². The molecule has 1 atom stereocenters. The number of carboxylic acid groups (broad SMARTS) is 1. The highest BCUT2D eigenvalue weighted by atomic mass is 16.5. The van der Waals surface area contributed by atoms with Crippen molar-refractivity contribution in [2.45, 2.75) is 32.7 Å². The molecular weight excluding hydrogens is 538 g/mol. The van der Waals surface area contributed by atoms with Gasteiger partial charge in [-0.3, -0.25) is 19.3 Å². The van der Waals surface area contributed by atoms with Crippen LogP contribution in [0.15, 0.2) is 83.4 Å². The second-order valence-corrected chi connectivity index (χ2v) is 9.77. The van der Waals surface area contributed by atoms with Crippen LogP contribution in [0.2, 0.25) is 0 Å². The summed E-state index contributed by atoms with van der Waals surface area (Å²) >= 11 is 0. The predicted octanol–water partition coefficient (Wildman–Crippen LogP) is 5.09. The molecule has 0 bridgehead atoms. The van der Waals surface area contributed by atoms with Crippen LogP contribution in [0.1, 0.15) is 45.4 Å². The van der Waals surface area contributed by atoms with Gasteiger partial charge in [0.25, 0.3) is 5.91 Å². The third-order valence-electron chi connectivity index (χ3n) is 6.47. The first-order chi connectivity index (χ1) is 20.1. The molecule has 0 radical (unpaired) electrons. The van der Waals surface area contributed by atoms with Crippen LogP contribution >= 0.6 is 0 Å². The summed E-state index contributed by atoms with van der Waals surface area (Å²) in [5, 5.41) is 21.4. The van der Waals surface area contributed by atoms with E-state index in [1.165, 1.54) is 11.0 Å². The van der Waals surface area contributed by atoms with E-state index < -0.39 is 17.9 Å². The third-order valence-corrected chi connectivity index (χ3v) is 6.47. The summed E-state index contributed by atoms with van der Waals surface area (Å²) in [4.78, 5) is 51.0. The molecular formula is C31H31N5O6. The minimum atomic E-state index is -1.10. The molecule has 4 rings (SSSR count). The Kier molecular flexibility index (Phi) is 9.33. The van der Waals surface area contributed by atoms with Gasteiger partial charge >= 0.3 is 12.0 Å². The van der Waals surface area contributed by atoms with Gasteiger partial charge in [-0.25, -0.2) is 4.79 Å². The number of anilines is 3. The Labute approximate surface area is 242 Å². The lowest BCUT2D eigenvalue weighted by atomic mass is 10.0. The number of amides is 4. The number of urea groups is 1. The molecule has 0 aliphatic carbocycles. The zero-order valence-corrected chi connectivity index (χ0v) is 23.4. The number of carboxylic acids is 1. The van der Waals surface area contributed by atoms with Crippen LogP contribution in [-0.2, 0) is 16.0 Å². The van der Waals surface area contributed by atoms with E-state index >= 15 is 0 Å². The van der Waals surface area contributed by atoms with E-state index in [2.05, 4.69) is 21.1 Å². The summed E-state index contributed by atoms with van der Waals surface area (Å²) in [6, 6.07) is 21.5. The zero-order chi connectivity index (χ0) is 30.2. The van der Waals surface area contributed by atoms with Crippen LogP contribution < -0.4 is 20.9 Å². The van der Waals surface area contributed by atoms with Crippen LogP contribution in [0.25, 0.3) is 0 Å². The molecule has 11 heteroatoms. The minimum absolute atomic E-state index is 0.0382. The number of hydrogen-bond acceptors (Lipinski definition) is 6. The average Bonchev–Trinajstić information content (AvgIpc) is 3.40. The lowest BCUT2D eigenvalue weighted by Gasteiger charge is -2.20. The summed E-state index contributed by atoms with van der Waals surface area (Å²) in [5.74, 6) is -1.52. The second kappa shape index (κ2) is 13.3. The maximum Gasteiger partial charge on any atom is 0.326 e. The fourth-order valence-corrected chi connectivity index (χ4v) is 4.32. The summed E-state index contributed by atoms with van der Waals surface area (Å²) in [6.45, 7) is 3.58. The van der Waals surface area contributed by atoms with Gasteiger partial charge in [0.1, 0.15) is 5.76 Å². The van der Waals surface area contributed by atoms with Gasteiger partial charge in [-0.15, -0.1) is 0 Å². The van der Waals surface area contributed by atoms with E-state index in [1.807, 2.05) is 31.2 Å². The summed E-state index contributed by atoms with van der Waals surface area (Å²) in [7, 11) is 1.70. The molecule has 4 N–H and O–H groups in total. The van der Waals surface area contributed by atoms with Crippen molar-refractivity contribution in [3.05, 3.63) is 107 Å². The number of carbonyl (C=O) groups is 4. The lowest BCUT2D eigenvalue weighted by Crippen LogP contribution is -2.31. The van der Waals surface area contributed by atoms with Crippen molar-refractivity contribution in [1.82, 2.24) is 10.5 Å². The van der Waals surface area contributed by atoms with Gasteiger partial charge in [0, 0.05) is 30.2 Å². The zero-order valence-electron chi connectivity index (χ0n) is 23.4. The van der Waals surface area contributed by atoms with E-state index in [0.29, 0.717) is 22.7 Å². The van der Waals surface area contributed by atoms with Crippen molar-refractivity contribution in [2.24, 2.45) is 0 Å². The van der Waals surface area contributed by atoms with Crippen LogP contribution in [0.3, 0.4) is 0 Å². The largest absolute Gasteiger partial charge is 0.481 e. The van der Waals surface area contributed by atoms with Crippen LogP contribution in [0.4, 0.5) is 21.9 Å². The fourth-order valence-electron chi connectivity index (χ4n) is 4.32. The number of aromatic nitrogens is 1. The highest BCUT2D eigenvalue weighted by Crippen LogP contribution is 2.23. The summed E-state index contributed by atoms with van der Waals surface area (Å²) in [6.07, 6.45) is -0.300. The maximum absolute atomic E-state index is 12.8. The molecule has 3 aromatic carbocycles. The topological polar surface area (TPSA) is 154 Å². The number of benzene rings is 3. The Hall–Kier alpha value is -5.45. The first-order valence-corrected chi connectivity index (χ1v) is 13.1.